The van der Waals surface area contributed by atoms with Crippen LogP contribution in [0.3, 0.4) is 0 Å². The van der Waals surface area contributed by atoms with Crippen LogP contribution in [0.4, 0.5) is 0 Å². The zero-order valence-electron chi connectivity index (χ0n) is 11.2. The van der Waals surface area contributed by atoms with Crippen molar-refractivity contribution in [3.05, 3.63) is 47.5 Å². The SMILES string of the molecule is CCCOc1ccc(-c2nc3ccccc3[nH]2)cc1Cl. The Morgan fingerprint density at radius 1 is 1.20 bits per heavy atom. The molecular weight excluding hydrogens is 272 g/mol. The van der Waals surface area contributed by atoms with Crippen LogP contribution in [0.15, 0.2) is 42.5 Å². The molecule has 0 bridgehead atoms. The van der Waals surface area contributed by atoms with Gasteiger partial charge in [0.2, 0.25) is 0 Å². The predicted octanol–water partition coefficient (Wildman–Crippen LogP) is 4.67. The smallest absolute Gasteiger partial charge is 0.138 e. The summed E-state index contributed by atoms with van der Waals surface area (Å²) in [6.07, 6.45) is 0.960. The number of nitrogens with zero attached hydrogens (tertiary/aromatic N) is 1. The number of aromatic nitrogens is 2. The summed E-state index contributed by atoms with van der Waals surface area (Å²) >= 11 is 6.25. The van der Waals surface area contributed by atoms with Crippen molar-refractivity contribution in [2.45, 2.75) is 13.3 Å². The number of hydrogen-bond acceptors (Lipinski definition) is 2. The number of hydrogen-bond donors (Lipinski definition) is 1. The number of ether oxygens (including phenoxy) is 1. The maximum Gasteiger partial charge on any atom is 0.138 e. The van der Waals surface area contributed by atoms with Gasteiger partial charge in [0, 0.05) is 5.56 Å². The third-order valence-corrected chi connectivity index (χ3v) is 3.35. The lowest BCUT2D eigenvalue weighted by Gasteiger charge is -2.07. The van der Waals surface area contributed by atoms with Crippen molar-refractivity contribution in [3.63, 3.8) is 0 Å². The number of aromatic amines is 1. The molecule has 1 heterocycles. The summed E-state index contributed by atoms with van der Waals surface area (Å²) in [5, 5.41) is 0.608. The lowest BCUT2D eigenvalue weighted by atomic mass is 10.2. The second-order valence-corrected chi connectivity index (χ2v) is 5.00. The first-order chi connectivity index (χ1) is 9.78. The van der Waals surface area contributed by atoms with E-state index in [1.165, 1.54) is 0 Å². The molecule has 0 unspecified atom stereocenters. The van der Waals surface area contributed by atoms with Crippen LogP contribution in [-0.2, 0) is 0 Å². The second kappa shape index (κ2) is 5.55. The monoisotopic (exact) mass is 286 g/mol. The molecule has 3 rings (SSSR count). The average molecular weight is 287 g/mol. The summed E-state index contributed by atoms with van der Waals surface area (Å²) < 4.78 is 5.57. The molecule has 0 fully saturated rings. The van der Waals surface area contributed by atoms with Gasteiger partial charge in [0.25, 0.3) is 0 Å². The van der Waals surface area contributed by atoms with Crippen molar-refractivity contribution in [2.75, 3.05) is 6.61 Å². The van der Waals surface area contributed by atoms with Gasteiger partial charge in [-0.3, -0.25) is 0 Å². The minimum atomic E-state index is 0.608. The van der Waals surface area contributed by atoms with E-state index in [2.05, 4.69) is 16.9 Å². The highest BCUT2D eigenvalue weighted by Crippen LogP contribution is 2.30. The summed E-state index contributed by atoms with van der Waals surface area (Å²) in [6.45, 7) is 2.74. The molecule has 0 aliphatic rings. The highest BCUT2D eigenvalue weighted by atomic mass is 35.5. The maximum atomic E-state index is 6.25. The molecule has 0 radical (unpaired) electrons. The molecule has 2 aromatic carbocycles. The molecule has 1 N–H and O–H groups in total. The number of imidazole rings is 1. The van der Waals surface area contributed by atoms with E-state index < -0.39 is 0 Å². The third kappa shape index (κ3) is 2.49. The van der Waals surface area contributed by atoms with Crippen molar-refractivity contribution >= 4 is 22.6 Å². The Balaban J connectivity index is 1.95. The Morgan fingerprint density at radius 2 is 2.05 bits per heavy atom. The Kier molecular flexibility index (Phi) is 3.61. The fourth-order valence-corrected chi connectivity index (χ4v) is 2.30. The Hall–Kier alpha value is -2.00. The van der Waals surface area contributed by atoms with Gasteiger partial charge in [-0.05, 0) is 36.8 Å². The number of fused-ring (bicyclic) bond motifs is 1. The minimum absolute atomic E-state index is 0.608. The van der Waals surface area contributed by atoms with E-state index in [4.69, 9.17) is 16.3 Å². The van der Waals surface area contributed by atoms with Crippen LogP contribution in [0.25, 0.3) is 22.4 Å². The quantitative estimate of drug-likeness (QED) is 0.756. The van der Waals surface area contributed by atoms with E-state index in [1.54, 1.807) is 0 Å². The fourth-order valence-electron chi connectivity index (χ4n) is 2.07. The Labute approximate surface area is 122 Å². The van der Waals surface area contributed by atoms with Crippen molar-refractivity contribution in [3.8, 4) is 17.1 Å². The molecule has 1 aromatic heterocycles. The van der Waals surface area contributed by atoms with Gasteiger partial charge in [0.05, 0.1) is 22.7 Å². The zero-order chi connectivity index (χ0) is 13.9. The van der Waals surface area contributed by atoms with Crippen molar-refractivity contribution in [1.29, 1.82) is 0 Å². The summed E-state index contributed by atoms with van der Waals surface area (Å²) in [4.78, 5) is 7.85. The van der Waals surface area contributed by atoms with Gasteiger partial charge in [0.15, 0.2) is 0 Å². The average Bonchev–Trinajstić information content (AvgIpc) is 2.90. The topological polar surface area (TPSA) is 37.9 Å². The van der Waals surface area contributed by atoms with Gasteiger partial charge in [0.1, 0.15) is 11.6 Å². The molecule has 20 heavy (non-hydrogen) atoms. The van der Waals surface area contributed by atoms with Gasteiger partial charge in [-0.2, -0.15) is 0 Å². The van der Waals surface area contributed by atoms with Crippen LogP contribution in [0.2, 0.25) is 5.02 Å². The molecule has 0 aliphatic heterocycles. The van der Waals surface area contributed by atoms with Crippen LogP contribution in [0.1, 0.15) is 13.3 Å². The lowest BCUT2D eigenvalue weighted by Crippen LogP contribution is -1.95. The first kappa shape index (κ1) is 13.0. The zero-order valence-corrected chi connectivity index (χ0v) is 11.9. The normalized spacial score (nSPS) is 10.9. The summed E-state index contributed by atoms with van der Waals surface area (Å²) in [6, 6.07) is 13.7. The van der Waals surface area contributed by atoms with E-state index in [-0.39, 0.29) is 0 Å². The molecule has 0 aliphatic carbocycles. The first-order valence-corrected chi connectivity index (χ1v) is 7.03. The van der Waals surface area contributed by atoms with Gasteiger partial charge in [-0.15, -0.1) is 0 Å². The van der Waals surface area contributed by atoms with Crippen LogP contribution >= 0.6 is 11.6 Å². The lowest BCUT2D eigenvalue weighted by molar-refractivity contribution is 0.317. The van der Waals surface area contributed by atoms with Crippen LogP contribution in [0, 0.1) is 0 Å². The van der Waals surface area contributed by atoms with Crippen molar-refractivity contribution in [2.24, 2.45) is 0 Å². The van der Waals surface area contributed by atoms with E-state index in [9.17, 15) is 0 Å². The van der Waals surface area contributed by atoms with Gasteiger partial charge in [-0.1, -0.05) is 30.7 Å². The van der Waals surface area contributed by atoms with Crippen LogP contribution in [0.5, 0.6) is 5.75 Å². The van der Waals surface area contributed by atoms with E-state index >= 15 is 0 Å². The molecule has 0 saturated carbocycles. The van der Waals surface area contributed by atoms with Gasteiger partial charge in [-0.25, -0.2) is 4.98 Å². The highest BCUT2D eigenvalue weighted by molar-refractivity contribution is 6.32. The number of H-pyrrole nitrogens is 1. The Morgan fingerprint density at radius 3 is 2.80 bits per heavy atom. The molecule has 0 saturated heterocycles. The molecule has 102 valence electrons. The molecular formula is C16H15ClN2O. The molecule has 4 heteroatoms. The molecule has 0 atom stereocenters. The number of benzene rings is 2. The largest absolute Gasteiger partial charge is 0.492 e. The van der Waals surface area contributed by atoms with Crippen LogP contribution < -0.4 is 4.74 Å². The number of para-hydroxylation sites is 2. The fraction of sp³-hybridized carbons (Fsp3) is 0.188. The number of nitrogens with one attached hydrogen (secondary N) is 1. The summed E-state index contributed by atoms with van der Waals surface area (Å²) in [7, 11) is 0. The number of rotatable bonds is 4. The van der Waals surface area contributed by atoms with Crippen LogP contribution in [-0.4, -0.2) is 16.6 Å². The summed E-state index contributed by atoms with van der Waals surface area (Å²) in [5.41, 5.74) is 2.92. The van der Waals surface area contributed by atoms with Gasteiger partial charge >= 0.3 is 0 Å². The summed E-state index contributed by atoms with van der Waals surface area (Å²) in [5.74, 6) is 1.53. The van der Waals surface area contributed by atoms with E-state index in [1.807, 2.05) is 42.5 Å². The third-order valence-electron chi connectivity index (χ3n) is 3.06. The van der Waals surface area contributed by atoms with E-state index in [0.717, 1.165) is 28.8 Å². The second-order valence-electron chi connectivity index (χ2n) is 4.60. The standard InChI is InChI=1S/C16H15ClN2O/c1-2-9-20-15-8-7-11(10-12(15)17)16-18-13-5-3-4-6-14(13)19-16/h3-8,10H,2,9H2,1H3,(H,18,19). The van der Waals surface area contributed by atoms with E-state index in [0.29, 0.717) is 17.4 Å². The number of halogens is 1. The molecule has 0 amide bonds. The highest BCUT2D eigenvalue weighted by Gasteiger charge is 2.08. The Bertz CT molecular complexity index is 703. The minimum Gasteiger partial charge on any atom is -0.492 e. The molecule has 3 nitrogen and oxygen atoms in total. The molecule has 0 spiro atoms. The maximum absolute atomic E-state index is 6.25. The van der Waals surface area contributed by atoms with Crippen molar-refractivity contribution < 1.29 is 4.74 Å². The first-order valence-electron chi connectivity index (χ1n) is 6.65. The molecule has 3 aromatic rings. The predicted molar refractivity (Wildman–Crippen MR) is 82.3 cm³/mol. The van der Waals surface area contributed by atoms with Gasteiger partial charge < -0.3 is 9.72 Å². The van der Waals surface area contributed by atoms with Crippen molar-refractivity contribution in [1.82, 2.24) is 9.97 Å².